The van der Waals surface area contributed by atoms with Gasteiger partial charge in [-0.2, -0.15) is 26.3 Å². The highest BCUT2D eigenvalue weighted by molar-refractivity contribution is 5.73. The maximum atomic E-state index is 13.3. The van der Waals surface area contributed by atoms with Crippen molar-refractivity contribution in [3.63, 3.8) is 0 Å². The molecule has 1 saturated carbocycles. The van der Waals surface area contributed by atoms with Gasteiger partial charge in [-0.3, -0.25) is 4.40 Å². The number of aliphatic hydroxyl groups excluding tert-OH is 1. The molecule has 0 saturated heterocycles. The van der Waals surface area contributed by atoms with E-state index < -0.39 is 23.9 Å². The number of hydrogen-bond donors (Lipinski definition) is 4. The van der Waals surface area contributed by atoms with Crippen molar-refractivity contribution in [3.8, 4) is 11.3 Å². The summed E-state index contributed by atoms with van der Waals surface area (Å²) in [4.78, 5) is 17.6. The molecule has 0 aliphatic heterocycles. The molecule has 1 aromatic carbocycles. The van der Waals surface area contributed by atoms with Gasteiger partial charge in [-0.25, -0.2) is 14.8 Å². The van der Waals surface area contributed by atoms with Gasteiger partial charge >= 0.3 is 18.3 Å². The molecule has 2 heterocycles. The number of aliphatic hydroxyl groups is 2. The number of rotatable bonds is 4. The number of carboxylic acids is 1. The van der Waals surface area contributed by atoms with Crippen LogP contribution in [0.15, 0.2) is 30.6 Å². The summed E-state index contributed by atoms with van der Waals surface area (Å²) in [6, 6.07) is 4.17. The Labute approximate surface area is 206 Å². The van der Waals surface area contributed by atoms with Crippen LogP contribution in [0.2, 0.25) is 0 Å². The van der Waals surface area contributed by atoms with Crippen molar-refractivity contribution in [2.24, 2.45) is 5.92 Å². The summed E-state index contributed by atoms with van der Waals surface area (Å²) in [5, 5.41) is 26.5. The number of carboxylic acid groups (broad SMARTS) is 1. The first-order valence-electron chi connectivity index (χ1n) is 10.9. The standard InChI is InChI=1S/C21H23F3N4O2.C2HF3O2/c1-11-3-4-14(20(2,30)21(22,23)24)7-15(11)17-8-26-19-18(25)27-16(9-28(17)19)13-5-12(6-13)10-29;3-2(4,5)1(6)7/h3-4,7-9,12-13,29-30H,5-6,10H2,1-2H3,(H2,25,27);(H,6,7). The lowest BCUT2D eigenvalue weighted by atomic mass is 9.74. The summed E-state index contributed by atoms with van der Waals surface area (Å²) >= 11 is 0. The Hall–Kier alpha value is -3.39. The molecule has 1 aliphatic carbocycles. The van der Waals surface area contributed by atoms with E-state index in [4.69, 9.17) is 15.6 Å². The Morgan fingerprint density at radius 1 is 1.19 bits per heavy atom. The number of alkyl halides is 6. The van der Waals surface area contributed by atoms with Crippen molar-refractivity contribution < 1.29 is 46.5 Å². The van der Waals surface area contributed by atoms with Gasteiger partial charge < -0.3 is 21.1 Å². The van der Waals surface area contributed by atoms with Gasteiger partial charge in [0, 0.05) is 24.3 Å². The van der Waals surface area contributed by atoms with Crippen LogP contribution >= 0.6 is 0 Å². The highest BCUT2D eigenvalue weighted by Gasteiger charge is 2.51. The van der Waals surface area contributed by atoms with Crippen molar-refractivity contribution in [2.75, 3.05) is 12.3 Å². The van der Waals surface area contributed by atoms with Gasteiger partial charge in [0.25, 0.3) is 0 Å². The second-order valence-electron chi connectivity index (χ2n) is 9.01. The zero-order chi connectivity index (χ0) is 27.9. The normalized spacial score (nSPS) is 19.5. The number of aryl methyl sites for hydroxylation is 1. The minimum absolute atomic E-state index is 0.135. The van der Waals surface area contributed by atoms with E-state index in [1.165, 1.54) is 12.1 Å². The average molecular weight is 534 g/mol. The number of nitrogens with zero attached hydrogens (tertiary/aromatic N) is 3. The average Bonchev–Trinajstić information content (AvgIpc) is 3.16. The first kappa shape index (κ1) is 28.2. The van der Waals surface area contributed by atoms with E-state index in [0.717, 1.165) is 31.0 Å². The molecule has 0 spiro atoms. The van der Waals surface area contributed by atoms with E-state index in [2.05, 4.69) is 9.97 Å². The lowest BCUT2D eigenvalue weighted by Gasteiger charge is -2.33. The number of nitrogens with two attached hydrogens (primary N) is 1. The van der Waals surface area contributed by atoms with Crippen LogP contribution in [-0.2, 0) is 10.4 Å². The zero-order valence-electron chi connectivity index (χ0n) is 19.6. The summed E-state index contributed by atoms with van der Waals surface area (Å²) in [5.41, 5.74) is 5.86. The number of fused-ring (bicyclic) bond motifs is 1. The van der Waals surface area contributed by atoms with Crippen LogP contribution < -0.4 is 5.73 Å². The lowest BCUT2D eigenvalue weighted by molar-refractivity contribution is -0.258. The molecule has 3 aromatic rings. The molecule has 5 N–H and O–H groups in total. The fourth-order valence-corrected chi connectivity index (χ4v) is 3.92. The number of imidazole rings is 1. The summed E-state index contributed by atoms with van der Waals surface area (Å²) in [7, 11) is 0. The third-order valence-corrected chi connectivity index (χ3v) is 6.32. The van der Waals surface area contributed by atoms with Gasteiger partial charge in [0.2, 0.25) is 0 Å². The number of anilines is 1. The third-order valence-electron chi connectivity index (χ3n) is 6.32. The van der Waals surface area contributed by atoms with Gasteiger partial charge in [0.05, 0.1) is 17.6 Å². The van der Waals surface area contributed by atoms with Crippen LogP contribution in [0, 0.1) is 12.8 Å². The van der Waals surface area contributed by atoms with Crippen LogP contribution in [-0.4, -0.2) is 54.6 Å². The first-order valence-corrected chi connectivity index (χ1v) is 10.9. The van der Waals surface area contributed by atoms with Crippen LogP contribution in [0.4, 0.5) is 32.2 Å². The maximum Gasteiger partial charge on any atom is 0.490 e. The SMILES string of the molecule is Cc1ccc(C(C)(O)C(F)(F)F)cc1-c1cnc2c(N)nc(C3CC(CO)C3)cn12.O=C(O)C(F)(F)F. The van der Waals surface area contributed by atoms with Crippen LogP contribution in [0.3, 0.4) is 0 Å². The van der Waals surface area contributed by atoms with E-state index in [9.17, 15) is 36.6 Å². The summed E-state index contributed by atoms with van der Waals surface area (Å²) < 4.78 is 73.5. The van der Waals surface area contributed by atoms with Gasteiger partial charge in [-0.15, -0.1) is 0 Å². The Morgan fingerprint density at radius 2 is 1.78 bits per heavy atom. The number of carbonyl (C=O) groups is 1. The Balaban J connectivity index is 0.000000479. The quantitative estimate of drug-likeness (QED) is 0.369. The molecule has 0 amide bonds. The Morgan fingerprint density at radius 3 is 2.30 bits per heavy atom. The fourth-order valence-electron chi connectivity index (χ4n) is 3.92. The molecular weight excluding hydrogens is 510 g/mol. The van der Waals surface area contributed by atoms with E-state index in [-0.39, 0.29) is 29.8 Å². The topological polar surface area (TPSA) is 134 Å². The molecule has 1 fully saturated rings. The monoisotopic (exact) mass is 534 g/mol. The number of halogens is 6. The molecule has 1 aliphatic rings. The molecule has 202 valence electrons. The second kappa shape index (κ2) is 9.82. The minimum Gasteiger partial charge on any atom is -0.475 e. The lowest BCUT2D eigenvalue weighted by Crippen LogP contribution is -2.39. The van der Waals surface area contributed by atoms with Crippen LogP contribution in [0.1, 0.15) is 42.5 Å². The first-order chi connectivity index (χ1) is 17.0. The number of nitrogen functional groups attached to an aromatic ring is 1. The number of hydrogen-bond acceptors (Lipinski definition) is 6. The van der Waals surface area contributed by atoms with E-state index in [0.29, 0.717) is 16.9 Å². The van der Waals surface area contributed by atoms with Gasteiger partial charge in [0.15, 0.2) is 17.1 Å². The van der Waals surface area contributed by atoms with Crippen molar-refractivity contribution in [1.29, 1.82) is 0 Å². The van der Waals surface area contributed by atoms with E-state index in [1.807, 2.05) is 0 Å². The molecule has 1 atom stereocenters. The van der Waals surface area contributed by atoms with Crippen molar-refractivity contribution >= 4 is 17.4 Å². The van der Waals surface area contributed by atoms with Crippen LogP contribution in [0.25, 0.3) is 16.9 Å². The number of aliphatic carboxylic acids is 1. The van der Waals surface area contributed by atoms with Gasteiger partial charge in [0.1, 0.15) is 0 Å². The summed E-state index contributed by atoms with van der Waals surface area (Å²) in [6.07, 6.45) is -4.93. The Kier molecular flexibility index (Phi) is 7.48. The smallest absolute Gasteiger partial charge is 0.475 e. The molecule has 1 unspecified atom stereocenters. The molecule has 8 nitrogen and oxygen atoms in total. The van der Waals surface area contributed by atoms with Crippen LogP contribution in [0.5, 0.6) is 0 Å². The predicted molar refractivity (Wildman–Crippen MR) is 119 cm³/mol. The summed E-state index contributed by atoms with van der Waals surface area (Å²) in [6.45, 7) is 2.66. The second-order valence-corrected chi connectivity index (χ2v) is 9.01. The molecule has 4 rings (SSSR count). The summed E-state index contributed by atoms with van der Waals surface area (Å²) in [5.74, 6) is -2.10. The fraction of sp³-hybridized carbons (Fsp3) is 0.435. The highest BCUT2D eigenvalue weighted by atomic mass is 19.4. The maximum absolute atomic E-state index is 13.3. The molecular formula is C23H24F6N4O4. The number of aromatic nitrogens is 3. The van der Waals surface area contributed by atoms with E-state index >= 15 is 0 Å². The molecule has 0 radical (unpaired) electrons. The minimum atomic E-state index is -5.08. The molecule has 0 bridgehead atoms. The van der Waals surface area contributed by atoms with Crippen molar-refractivity contribution in [2.45, 2.75) is 50.6 Å². The third kappa shape index (κ3) is 5.64. The largest absolute Gasteiger partial charge is 0.490 e. The molecule has 2 aromatic heterocycles. The molecule has 14 heteroatoms. The predicted octanol–water partition coefficient (Wildman–Crippen LogP) is 4.18. The van der Waals surface area contributed by atoms with Crippen molar-refractivity contribution in [1.82, 2.24) is 14.4 Å². The van der Waals surface area contributed by atoms with Gasteiger partial charge in [-0.1, -0.05) is 12.1 Å². The molecule has 37 heavy (non-hydrogen) atoms. The van der Waals surface area contributed by atoms with Gasteiger partial charge in [-0.05, 0) is 49.8 Å². The highest BCUT2D eigenvalue weighted by Crippen LogP contribution is 2.42. The number of benzene rings is 1. The van der Waals surface area contributed by atoms with Crippen molar-refractivity contribution in [3.05, 3.63) is 47.4 Å². The van der Waals surface area contributed by atoms with E-state index in [1.54, 1.807) is 29.8 Å². The Bertz CT molecular complexity index is 1300. The zero-order valence-corrected chi connectivity index (χ0v) is 19.6.